The molecule has 0 saturated heterocycles. The minimum Gasteiger partial charge on any atom is -0.491 e. The van der Waals surface area contributed by atoms with E-state index in [0.717, 1.165) is 29.2 Å². The van der Waals surface area contributed by atoms with Gasteiger partial charge >= 0.3 is 0 Å². The average Bonchev–Trinajstić information content (AvgIpc) is 2.88. The topological polar surface area (TPSA) is 43.4 Å². The van der Waals surface area contributed by atoms with Crippen LogP contribution < -0.4 is 14.8 Å². The van der Waals surface area contributed by atoms with Crippen molar-refractivity contribution in [3.8, 4) is 11.5 Å². The molecule has 110 valence electrons. The Kier molecular flexibility index (Phi) is 4.06. The van der Waals surface area contributed by atoms with Crippen molar-refractivity contribution in [2.75, 3.05) is 13.2 Å². The molecule has 4 nitrogen and oxygen atoms in total. The first-order valence-corrected chi connectivity index (χ1v) is 7.29. The quantitative estimate of drug-likeness (QED) is 0.916. The molecule has 2 heterocycles. The van der Waals surface area contributed by atoms with Crippen LogP contribution in [0.3, 0.4) is 0 Å². The molecule has 2 aromatic rings. The molecule has 1 aromatic carbocycles. The first kappa shape index (κ1) is 13.9. The maximum Gasteiger partial charge on any atom is 0.128 e. The first-order chi connectivity index (χ1) is 10.3. The molecule has 0 fully saturated rings. The molecule has 1 aromatic heterocycles. The fourth-order valence-corrected chi connectivity index (χ4v) is 2.56. The standard InChI is InChI=1S/C17H20N2O2/c1-3-19-16-11-21-17-7-14(4-5-15(16)17)20-10-13-6-12(2)8-18-9-13/h4-9,16,19H,3,10-11H2,1-2H3. The molecule has 1 atom stereocenters. The summed E-state index contributed by atoms with van der Waals surface area (Å²) >= 11 is 0. The minimum atomic E-state index is 0.292. The molecule has 0 saturated carbocycles. The highest BCUT2D eigenvalue weighted by molar-refractivity contribution is 5.45. The highest BCUT2D eigenvalue weighted by Gasteiger charge is 2.23. The number of benzene rings is 1. The number of fused-ring (bicyclic) bond motifs is 1. The van der Waals surface area contributed by atoms with Crippen molar-refractivity contribution in [2.45, 2.75) is 26.5 Å². The minimum absolute atomic E-state index is 0.292. The molecule has 3 rings (SSSR count). The van der Waals surface area contributed by atoms with Crippen LogP contribution in [-0.4, -0.2) is 18.1 Å². The molecular formula is C17H20N2O2. The van der Waals surface area contributed by atoms with E-state index in [2.05, 4.69) is 29.4 Å². The van der Waals surface area contributed by atoms with Crippen molar-refractivity contribution >= 4 is 0 Å². The van der Waals surface area contributed by atoms with E-state index in [9.17, 15) is 0 Å². The Morgan fingerprint density at radius 3 is 3.05 bits per heavy atom. The lowest BCUT2D eigenvalue weighted by Gasteiger charge is -2.10. The maximum absolute atomic E-state index is 5.83. The summed E-state index contributed by atoms with van der Waals surface area (Å²) in [7, 11) is 0. The van der Waals surface area contributed by atoms with Crippen LogP contribution in [0.25, 0.3) is 0 Å². The van der Waals surface area contributed by atoms with Crippen LogP contribution in [-0.2, 0) is 6.61 Å². The second kappa shape index (κ2) is 6.14. The monoisotopic (exact) mass is 284 g/mol. The third-order valence-corrected chi connectivity index (χ3v) is 3.55. The highest BCUT2D eigenvalue weighted by Crippen LogP contribution is 2.35. The van der Waals surface area contributed by atoms with Crippen LogP contribution in [0.2, 0.25) is 0 Å². The Morgan fingerprint density at radius 1 is 1.33 bits per heavy atom. The van der Waals surface area contributed by atoms with Crippen LogP contribution in [0, 0.1) is 6.92 Å². The van der Waals surface area contributed by atoms with Gasteiger partial charge < -0.3 is 14.8 Å². The van der Waals surface area contributed by atoms with E-state index in [1.165, 1.54) is 5.56 Å². The van der Waals surface area contributed by atoms with Gasteiger partial charge in [-0.25, -0.2) is 0 Å². The zero-order chi connectivity index (χ0) is 14.7. The summed E-state index contributed by atoms with van der Waals surface area (Å²) in [5.41, 5.74) is 3.42. The fraction of sp³-hybridized carbons (Fsp3) is 0.353. The van der Waals surface area contributed by atoms with Gasteiger partial charge in [0, 0.05) is 29.6 Å². The maximum atomic E-state index is 5.83. The lowest BCUT2D eigenvalue weighted by atomic mass is 10.1. The van der Waals surface area contributed by atoms with Gasteiger partial charge in [0.1, 0.15) is 24.7 Å². The smallest absolute Gasteiger partial charge is 0.128 e. The van der Waals surface area contributed by atoms with Crippen molar-refractivity contribution in [1.82, 2.24) is 10.3 Å². The summed E-state index contributed by atoms with van der Waals surface area (Å²) in [5, 5.41) is 3.41. The zero-order valence-electron chi connectivity index (χ0n) is 12.4. The number of aromatic nitrogens is 1. The molecule has 1 aliphatic rings. The molecule has 0 radical (unpaired) electrons. The van der Waals surface area contributed by atoms with Gasteiger partial charge in [0.25, 0.3) is 0 Å². The predicted molar refractivity (Wildman–Crippen MR) is 81.7 cm³/mol. The van der Waals surface area contributed by atoms with Crippen molar-refractivity contribution in [3.05, 3.63) is 53.3 Å². The van der Waals surface area contributed by atoms with Crippen LogP contribution in [0.1, 0.15) is 29.7 Å². The normalized spacial score (nSPS) is 16.4. The number of aryl methyl sites for hydroxylation is 1. The lowest BCUT2D eigenvalue weighted by molar-refractivity contribution is 0.297. The SMILES string of the molecule is CCNC1COc2cc(OCc3cncc(C)c3)ccc21. The van der Waals surface area contributed by atoms with E-state index in [-0.39, 0.29) is 0 Å². The van der Waals surface area contributed by atoms with E-state index in [4.69, 9.17) is 9.47 Å². The highest BCUT2D eigenvalue weighted by atomic mass is 16.5. The van der Waals surface area contributed by atoms with Gasteiger partial charge in [-0.15, -0.1) is 0 Å². The molecule has 0 bridgehead atoms. The number of rotatable bonds is 5. The molecule has 21 heavy (non-hydrogen) atoms. The van der Waals surface area contributed by atoms with E-state index in [1.54, 1.807) is 0 Å². The third kappa shape index (κ3) is 3.16. The first-order valence-electron chi connectivity index (χ1n) is 7.29. The van der Waals surface area contributed by atoms with Crippen molar-refractivity contribution < 1.29 is 9.47 Å². The number of nitrogens with one attached hydrogen (secondary N) is 1. The molecular weight excluding hydrogens is 264 g/mol. The van der Waals surface area contributed by atoms with Gasteiger partial charge in [0.15, 0.2) is 0 Å². The number of hydrogen-bond donors (Lipinski definition) is 1. The summed E-state index contributed by atoms with van der Waals surface area (Å²) in [6.07, 6.45) is 3.67. The molecule has 1 unspecified atom stereocenters. The van der Waals surface area contributed by atoms with Crippen LogP contribution in [0.4, 0.5) is 0 Å². The second-order valence-electron chi connectivity index (χ2n) is 5.28. The van der Waals surface area contributed by atoms with Gasteiger partial charge in [0.05, 0.1) is 6.04 Å². The molecule has 1 aliphatic heterocycles. The Balaban J connectivity index is 1.68. The van der Waals surface area contributed by atoms with Gasteiger partial charge in [-0.3, -0.25) is 4.98 Å². The van der Waals surface area contributed by atoms with Crippen LogP contribution >= 0.6 is 0 Å². The van der Waals surface area contributed by atoms with Crippen LogP contribution in [0.15, 0.2) is 36.7 Å². The van der Waals surface area contributed by atoms with Crippen molar-refractivity contribution in [2.24, 2.45) is 0 Å². The third-order valence-electron chi connectivity index (χ3n) is 3.55. The van der Waals surface area contributed by atoms with E-state index in [0.29, 0.717) is 19.3 Å². The van der Waals surface area contributed by atoms with Crippen LogP contribution in [0.5, 0.6) is 11.5 Å². The summed E-state index contributed by atoms with van der Waals surface area (Å²) in [6, 6.07) is 8.43. The Hall–Kier alpha value is -2.07. The number of likely N-dealkylation sites (N-methyl/N-ethyl adjacent to an activating group) is 1. The van der Waals surface area contributed by atoms with E-state index < -0.39 is 0 Å². The van der Waals surface area contributed by atoms with Gasteiger partial charge in [0.2, 0.25) is 0 Å². The number of pyridine rings is 1. The second-order valence-corrected chi connectivity index (χ2v) is 5.28. The lowest BCUT2D eigenvalue weighted by Crippen LogP contribution is -2.21. The Bertz CT molecular complexity index is 628. The Labute approximate surface area is 125 Å². The summed E-state index contributed by atoms with van der Waals surface area (Å²) in [6.45, 7) is 6.27. The van der Waals surface area contributed by atoms with Crippen molar-refractivity contribution in [3.63, 3.8) is 0 Å². The van der Waals surface area contributed by atoms with Gasteiger partial charge in [-0.1, -0.05) is 6.92 Å². The summed E-state index contributed by atoms with van der Waals surface area (Å²) in [4.78, 5) is 4.17. The summed E-state index contributed by atoms with van der Waals surface area (Å²) in [5.74, 6) is 1.74. The molecule has 0 amide bonds. The molecule has 1 N–H and O–H groups in total. The number of ether oxygens (including phenoxy) is 2. The number of nitrogens with zero attached hydrogens (tertiary/aromatic N) is 1. The van der Waals surface area contributed by atoms with Gasteiger partial charge in [-0.2, -0.15) is 0 Å². The number of hydrogen-bond acceptors (Lipinski definition) is 4. The van der Waals surface area contributed by atoms with E-state index in [1.807, 2.05) is 31.5 Å². The molecule has 0 aliphatic carbocycles. The fourth-order valence-electron chi connectivity index (χ4n) is 2.56. The predicted octanol–water partition coefficient (Wildman–Crippen LogP) is 3.01. The van der Waals surface area contributed by atoms with Crippen molar-refractivity contribution in [1.29, 1.82) is 0 Å². The summed E-state index contributed by atoms with van der Waals surface area (Å²) < 4.78 is 11.5. The average molecular weight is 284 g/mol. The van der Waals surface area contributed by atoms with Gasteiger partial charge in [-0.05, 0) is 37.2 Å². The Morgan fingerprint density at radius 2 is 2.24 bits per heavy atom. The molecule has 0 spiro atoms. The largest absolute Gasteiger partial charge is 0.491 e. The zero-order valence-corrected chi connectivity index (χ0v) is 12.4. The molecule has 4 heteroatoms. The van der Waals surface area contributed by atoms with E-state index >= 15 is 0 Å².